The minimum Gasteiger partial charge on any atom is -0.367 e. The van der Waals surface area contributed by atoms with Crippen LogP contribution in [0.3, 0.4) is 0 Å². The van der Waals surface area contributed by atoms with Crippen LogP contribution in [0, 0.1) is 0 Å². The van der Waals surface area contributed by atoms with Gasteiger partial charge in [-0.25, -0.2) is 4.98 Å². The molecular formula is C17H11ClF6N4O2. The third kappa shape index (κ3) is 4.42. The molecule has 0 saturated carbocycles. The van der Waals surface area contributed by atoms with Gasteiger partial charge in [-0.1, -0.05) is 11.6 Å². The molecule has 30 heavy (non-hydrogen) atoms. The molecule has 3 rings (SSSR count). The van der Waals surface area contributed by atoms with Crippen LogP contribution < -0.4 is 16.4 Å². The summed E-state index contributed by atoms with van der Waals surface area (Å²) in [4.78, 5) is 29.6. The molecule has 0 bridgehead atoms. The summed E-state index contributed by atoms with van der Waals surface area (Å²) < 4.78 is 77.5. The molecule has 160 valence electrons. The van der Waals surface area contributed by atoms with Crippen molar-refractivity contribution < 1.29 is 26.3 Å². The molecule has 2 aromatic heterocycles. The highest BCUT2D eigenvalue weighted by atomic mass is 35.5. The first-order chi connectivity index (χ1) is 13.9. The maximum absolute atomic E-state index is 12.9. The Morgan fingerprint density at radius 3 is 2.30 bits per heavy atom. The second-order valence-electron chi connectivity index (χ2n) is 6.12. The van der Waals surface area contributed by atoms with E-state index in [0.717, 1.165) is 16.7 Å². The van der Waals surface area contributed by atoms with Crippen LogP contribution in [0.1, 0.15) is 11.1 Å². The molecule has 0 saturated heterocycles. The predicted molar refractivity (Wildman–Crippen MR) is 96.6 cm³/mol. The Morgan fingerprint density at radius 1 is 1.03 bits per heavy atom. The molecule has 0 atom stereocenters. The molecule has 0 amide bonds. The predicted octanol–water partition coefficient (Wildman–Crippen LogP) is 3.89. The largest absolute Gasteiger partial charge is 0.417 e. The Morgan fingerprint density at radius 2 is 1.70 bits per heavy atom. The molecular weight excluding hydrogens is 442 g/mol. The highest BCUT2D eigenvalue weighted by Gasteiger charge is 2.32. The van der Waals surface area contributed by atoms with E-state index < -0.39 is 34.6 Å². The van der Waals surface area contributed by atoms with Crippen molar-refractivity contribution in [2.45, 2.75) is 18.9 Å². The molecule has 0 unspecified atom stereocenters. The smallest absolute Gasteiger partial charge is 0.367 e. The maximum atomic E-state index is 12.9. The lowest BCUT2D eigenvalue weighted by molar-refractivity contribution is -0.138. The summed E-state index contributed by atoms with van der Waals surface area (Å²) in [6, 6.07) is 3.18. The molecule has 2 N–H and O–H groups in total. The van der Waals surface area contributed by atoms with Crippen LogP contribution in [0.2, 0.25) is 5.02 Å². The summed E-state index contributed by atoms with van der Waals surface area (Å²) in [6.07, 6.45) is -8.69. The number of H-pyrrole nitrogens is 1. The van der Waals surface area contributed by atoms with Crippen molar-refractivity contribution in [2.24, 2.45) is 0 Å². The molecule has 0 radical (unpaired) electrons. The third-order valence-electron chi connectivity index (χ3n) is 4.10. The molecule has 2 heterocycles. The van der Waals surface area contributed by atoms with Gasteiger partial charge in [-0.2, -0.15) is 26.3 Å². The van der Waals surface area contributed by atoms with Crippen LogP contribution >= 0.6 is 11.6 Å². The van der Waals surface area contributed by atoms with E-state index in [2.05, 4.69) is 15.3 Å². The fourth-order valence-corrected chi connectivity index (χ4v) is 2.92. The van der Waals surface area contributed by atoms with Crippen molar-refractivity contribution in [2.75, 3.05) is 11.9 Å². The quantitative estimate of drug-likeness (QED) is 0.465. The number of hydrogen-bond acceptors (Lipinski definition) is 4. The number of anilines is 1. The van der Waals surface area contributed by atoms with Gasteiger partial charge in [-0.15, -0.1) is 0 Å². The Bertz CT molecular complexity index is 1220. The summed E-state index contributed by atoms with van der Waals surface area (Å²) in [5, 5.41) is 2.31. The van der Waals surface area contributed by atoms with Gasteiger partial charge in [0.15, 0.2) is 0 Å². The monoisotopic (exact) mass is 452 g/mol. The standard InChI is InChI=1S/C17H11ClF6N4O2/c18-10-5-9(17(22,23)24)7-26-13(10)25-3-4-28-12-2-1-8(16(19,20)21)6-11(12)27-14(29)15(28)30/h1-2,5-7H,3-4H2,(H,25,26)(H,27,29). The Kier molecular flexibility index (Phi) is 5.54. The number of hydrogen-bond donors (Lipinski definition) is 2. The zero-order chi connectivity index (χ0) is 22.3. The summed E-state index contributed by atoms with van der Waals surface area (Å²) in [6.45, 7) is -0.290. The van der Waals surface area contributed by atoms with Crippen LogP contribution in [0.4, 0.5) is 32.2 Å². The minimum absolute atomic E-state index is 0.0425. The number of alkyl halides is 6. The van der Waals surface area contributed by atoms with E-state index in [1.54, 1.807) is 0 Å². The molecule has 3 aromatic rings. The first-order valence-electron chi connectivity index (χ1n) is 8.18. The van der Waals surface area contributed by atoms with E-state index >= 15 is 0 Å². The van der Waals surface area contributed by atoms with E-state index in [4.69, 9.17) is 11.6 Å². The van der Waals surface area contributed by atoms with Crippen molar-refractivity contribution in [1.82, 2.24) is 14.5 Å². The average Bonchev–Trinajstić information content (AvgIpc) is 2.64. The summed E-state index contributed by atoms with van der Waals surface area (Å²) in [5.74, 6) is -0.0915. The van der Waals surface area contributed by atoms with Crippen LogP contribution in [0.15, 0.2) is 40.1 Å². The molecule has 0 spiro atoms. The maximum Gasteiger partial charge on any atom is 0.417 e. The van der Waals surface area contributed by atoms with Gasteiger partial charge >= 0.3 is 23.5 Å². The van der Waals surface area contributed by atoms with Crippen molar-refractivity contribution in [3.8, 4) is 0 Å². The van der Waals surface area contributed by atoms with Gasteiger partial charge in [0.1, 0.15) is 5.82 Å². The number of pyridine rings is 1. The van der Waals surface area contributed by atoms with E-state index in [-0.39, 0.29) is 35.0 Å². The van der Waals surface area contributed by atoms with Crippen molar-refractivity contribution in [1.29, 1.82) is 0 Å². The highest BCUT2D eigenvalue weighted by molar-refractivity contribution is 6.32. The Hall–Kier alpha value is -3.02. The first kappa shape index (κ1) is 21.7. The van der Waals surface area contributed by atoms with Gasteiger partial charge in [0.2, 0.25) is 0 Å². The van der Waals surface area contributed by atoms with Crippen LogP contribution in [0.5, 0.6) is 0 Å². The van der Waals surface area contributed by atoms with Crippen molar-refractivity contribution in [3.05, 3.63) is 67.3 Å². The van der Waals surface area contributed by atoms with E-state index in [1.807, 2.05) is 0 Å². The molecule has 0 aliphatic carbocycles. The lowest BCUT2D eigenvalue weighted by atomic mass is 10.2. The molecule has 0 aliphatic rings. The lowest BCUT2D eigenvalue weighted by Gasteiger charge is -2.14. The van der Waals surface area contributed by atoms with Gasteiger partial charge in [0.25, 0.3) is 0 Å². The van der Waals surface area contributed by atoms with Gasteiger partial charge in [-0.05, 0) is 24.3 Å². The zero-order valence-corrected chi connectivity index (χ0v) is 15.4. The highest BCUT2D eigenvalue weighted by Crippen LogP contribution is 2.32. The van der Waals surface area contributed by atoms with E-state index in [0.29, 0.717) is 18.3 Å². The lowest BCUT2D eigenvalue weighted by Crippen LogP contribution is -2.37. The second kappa shape index (κ2) is 7.67. The first-order valence-corrected chi connectivity index (χ1v) is 8.56. The number of aromatic nitrogens is 3. The molecule has 13 heteroatoms. The molecule has 1 aromatic carbocycles. The van der Waals surface area contributed by atoms with Crippen LogP contribution in [-0.2, 0) is 18.9 Å². The third-order valence-corrected chi connectivity index (χ3v) is 4.39. The number of fused-ring (bicyclic) bond motifs is 1. The van der Waals surface area contributed by atoms with Gasteiger partial charge in [-0.3, -0.25) is 9.59 Å². The average molecular weight is 453 g/mol. The fraction of sp³-hybridized carbons (Fsp3) is 0.235. The van der Waals surface area contributed by atoms with Crippen LogP contribution in [0.25, 0.3) is 11.0 Å². The van der Waals surface area contributed by atoms with Gasteiger partial charge in [0.05, 0.1) is 27.2 Å². The summed E-state index contributed by atoms with van der Waals surface area (Å²) in [7, 11) is 0. The Labute approximate surface area is 168 Å². The van der Waals surface area contributed by atoms with E-state index in [1.165, 1.54) is 0 Å². The van der Waals surface area contributed by atoms with Gasteiger partial charge in [0, 0.05) is 19.3 Å². The molecule has 6 nitrogen and oxygen atoms in total. The van der Waals surface area contributed by atoms with Crippen molar-refractivity contribution in [3.63, 3.8) is 0 Å². The van der Waals surface area contributed by atoms with Crippen molar-refractivity contribution >= 4 is 28.5 Å². The van der Waals surface area contributed by atoms with Gasteiger partial charge < -0.3 is 14.9 Å². The number of benzene rings is 1. The molecule has 0 fully saturated rings. The van der Waals surface area contributed by atoms with Crippen LogP contribution in [-0.4, -0.2) is 21.1 Å². The number of nitrogens with zero attached hydrogens (tertiary/aromatic N) is 2. The number of aromatic amines is 1. The SMILES string of the molecule is O=c1[nH]c2cc(C(F)(F)F)ccc2n(CCNc2ncc(C(F)(F)F)cc2Cl)c1=O. The molecule has 0 aliphatic heterocycles. The summed E-state index contributed by atoms with van der Waals surface area (Å²) in [5.41, 5.74) is -4.32. The minimum atomic E-state index is -4.64. The fourth-order valence-electron chi connectivity index (χ4n) is 2.69. The number of halogens is 7. The number of rotatable bonds is 4. The topological polar surface area (TPSA) is 79.8 Å². The second-order valence-corrected chi connectivity index (χ2v) is 6.53. The normalized spacial score (nSPS) is 12.4. The summed E-state index contributed by atoms with van der Waals surface area (Å²) >= 11 is 5.77. The zero-order valence-electron chi connectivity index (χ0n) is 14.7. The number of nitrogens with one attached hydrogen (secondary N) is 2. The van der Waals surface area contributed by atoms with E-state index in [9.17, 15) is 35.9 Å². The Balaban J connectivity index is 1.87.